The second-order valence-corrected chi connectivity index (χ2v) is 7.87. The highest BCUT2D eigenvalue weighted by Crippen LogP contribution is 2.25. The van der Waals surface area contributed by atoms with Crippen molar-refractivity contribution in [3.05, 3.63) is 60.7 Å². The molecule has 0 bridgehead atoms. The lowest BCUT2D eigenvalue weighted by Crippen LogP contribution is -2.14. The lowest BCUT2D eigenvalue weighted by atomic mass is 10.1. The molecule has 4 aromatic rings. The summed E-state index contributed by atoms with van der Waals surface area (Å²) in [5, 5.41) is 8.14. The van der Waals surface area contributed by atoms with Gasteiger partial charge in [-0.1, -0.05) is 12.1 Å². The molecule has 4 rings (SSSR count). The number of hydrogen-bond acceptors (Lipinski definition) is 6. The van der Waals surface area contributed by atoms with E-state index >= 15 is 0 Å². The molecule has 0 atom stereocenters. The van der Waals surface area contributed by atoms with Crippen LogP contribution in [0, 0.1) is 0 Å². The molecule has 0 aliphatic carbocycles. The summed E-state index contributed by atoms with van der Waals surface area (Å²) in [6.07, 6.45) is 6.56. The van der Waals surface area contributed by atoms with Crippen molar-refractivity contribution in [2.75, 3.05) is 0 Å². The third-order valence-electron chi connectivity index (χ3n) is 4.21. The molecule has 0 unspecified atom stereocenters. The van der Waals surface area contributed by atoms with E-state index in [0.29, 0.717) is 16.6 Å². The highest BCUT2D eigenvalue weighted by molar-refractivity contribution is 7.90. The number of hydrogen-bond donors (Lipinski definition) is 0. The molecule has 3 heterocycles. The summed E-state index contributed by atoms with van der Waals surface area (Å²) in [6.45, 7) is 1.43. The van der Waals surface area contributed by atoms with E-state index in [1.165, 1.54) is 37.4 Å². The van der Waals surface area contributed by atoms with Gasteiger partial charge in [-0.15, -0.1) is 0 Å². The Morgan fingerprint density at radius 1 is 1.00 bits per heavy atom. The molecule has 0 aliphatic heterocycles. The number of rotatable bonds is 4. The summed E-state index contributed by atoms with van der Waals surface area (Å²) in [5.74, 6) is -0.131. The summed E-state index contributed by atoms with van der Waals surface area (Å²) < 4.78 is 28.6. The van der Waals surface area contributed by atoms with Gasteiger partial charge >= 0.3 is 0 Å². The predicted molar refractivity (Wildman–Crippen MR) is 98.8 cm³/mol. The largest absolute Gasteiger partial charge is 0.295 e. The van der Waals surface area contributed by atoms with Crippen LogP contribution < -0.4 is 0 Å². The van der Waals surface area contributed by atoms with Crippen molar-refractivity contribution in [2.45, 2.75) is 11.8 Å². The standard InChI is InChI=1S/C18H15N5O3S/c1-12(24)13-3-5-16(6-4-13)27(25,26)23-18-7-14(8-19-17(18)10-21-23)15-9-20-22(2)11-15/h3-11H,1-2H3. The molecule has 0 saturated heterocycles. The van der Waals surface area contributed by atoms with Crippen molar-refractivity contribution in [2.24, 2.45) is 7.05 Å². The van der Waals surface area contributed by atoms with Crippen LogP contribution in [0.5, 0.6) is 0 Å². The zero-order valence-corrected chi connectivity index (χ0v) is 15.4. The van der Waals surface area contributed by atoms with Crippen LogP contribution in [0.2, 0.25) is 0 Å². The first-order valence-corrected chi connectivity index (χ1v) is 9.49. The minimum atomic E-state index is -3.93. The van der Waals surface area contributed by atoms with Gasteiger partial charge < -0.3 is 0 Å². The quantitative estimate of drug-likeness (QED) is 0.503. The zero-order chi connectivity index (χ0) is 19.2. The molecule has 27 heavy (non-hydrogen) atoms. The monoisotopic (exact) mass is 381 g/mol. The summed E-state index contributed by atoms with van der Waals surface area (Å²) in [4.78, 5) is 15.7. The van der Waals surface area contributed by atoms with Gasteiger partial charge in [-0.3, -0.25) is 14.5 Å². The molecule has 8 nitrogen and oxygen atoms in total. The first kappa shape index (κ1) is 17.1. The number of fused-ring (bicyclic) bond motifs is 1. The number of nitrogens with zero attached hydrogens (tertiary/aromatic N) is 5. The van der Waals surface area contributed by atoms with Crippen molar-refractivity contribution >= 4 is 26.8 Å². The van der Waals surface area contributed by atoms with Crippen molar-refractivity contribution in [3.63, 3.8) is 0 Å². The number of carbonyl (C=O) groups excluding carboxylic acids is 1. The van der Waals surface area contributed by atoms with Gasteiger partial charge in [0.2, 0.25) is 0 Å². The van der Waals surface area contributed by atoms with E-state index < -0.39 is 10.0 Å². The van der Waals surface area contributed by atoms with E-state index in [2.05, 4.69) is 15.2 Å². The number of aromatic nitrogens is 5. The fourth-order valence-electron chi connectivity index (χ4n) is 2.77. The summed E-state index contributed by atoms with van der Waals surface area (Å²) in [5.41, 5.74) is 2.83. The molecule has 0 fully saturated rings. The Labute approximate surface area is 155 Å². The molecule has 1 aromatic carbocycles. The molecule has 9 heteroatoms. The van der Waals surface area contributed by atoms with Gasteiger partial charge in [0.15, 0.2) is 5.78 Å². The number of carbonyl (C=O) groups is 1. The Morgan fingerprint density at radius 3 is 2.37 bits per heavy atom. The number of benzene rings is 1. The fraction of sp³-hybridized carbons (Fsp3) is 0.111. The van der Waals surface area contributed by atoms with E-state index in [9.17, 15) is 13.2 Å². The van der Waals surface area contributed by atoms with Gasteiger partial charge in [0, 0.05) is 36.1 Å². The molecule has 0 amide bonds. The van der Waals surface area contributed by atoms with Crippen LogP contribution in [0.3, 0.4) is 0 Å². The van der Waals surface area contributed by atoms with E-state index in [1.807, 2.05) is 6.20 Å². The third-order valence-corrected chi connectivity index (χ3v) is 5.83. The van der Waals surface area contributed by atoms with E-state index in [0.717, 1.165) is 15.2 Å². The van der Waals surface area contributed by atoms with Gasteiger partial charge in [0.1, 0.15) is 11.0 Å². The number of Topliss-reactive ketones (excluding diaryl/α,β-unsaturated/α-hetero) is 1. The highest BCUT2D eigenvalue weighted by atomic mass is 32.2. The maximum absolute atomic E-state index is 13.0. The van der Waals surface area contributed by atoms with Crippen LogP contribution in [-0.2, 0) is 17.1 Å². The molecular weight excluding hydrogens is 366 g/mol. The Bertz CT molecular complexity index is 1270. The first-order valence-electron chi connectivity index (χ1n) is 8.05. The molecule has 0 saturated carbocycles. The van der Waals surface area contributed by atoms with Crippen molar-refractivity contribution in [1.29, 1.82) is 0 Å². The molecule has 3 aromatic heterocycles. The molecule has 0 radical (unpaired) electrons. The third kappa shape index (κ3) is 2.91. The maximum Gasteiger partial charge on any atom is 0.283 e. The van der Waals surface area contributed by atoms with E-state index in [4.69, 9.17) is 0 Å². The van der Waals surface area contributed by atoms with Gasteiger partial charge in [0.25, 0.3) is 10.0 Å². The maximum atomic E-state index is 13.0. The SMILES string of the molecule is CC(=O)c1ccc(S(=O)(=O)n2ncc3ncc(-c4cnn(C)c4)cc32)cc1. The average Bonchev–Trinajstić information content (AvgIpc) is 3.27. The van der Waals surface area contributed by atoms with Crippen LogP contribution >= 0.6 is 0 Å². The minimum absolute atomic E-state index is 0.0456. The smallest absolute Gasteiger partial charge is 0.283 e. The van der Waals surface area contributed by atoms with E-state index in [1.54, 1.807) is 30.2 Å². The number of aryl methyl sites for hydroxylation is 1. The Balaban J connectivity index is 1.83. The molecule has 136 valence electrons. The van der Waals surface area contributed by atoms with E-state index in [-0.39, 0.29) is 10.7 Å². The topological polar surface area (TPSA) is 99.7 Å². The van der Waals surface area contributed by atoms with Crippen LogP contribution in [0.25, 0.3) is 22.2 Å². The van der Waals surface area contributed by atoms with Crippen LogP contribution in [0.15, 0.2) is 60.0 Å². The fourth-order valence-corrected chi connectivity index (χ4v) is 4.02. The molecule has 0 aliphatic rings. The normalized spacial score (nSPS) is 11.8. The van der Waals surface area contributed by atoms with Crippen LogP contribution in [0.4, 0.5) is 0 Å². The summed E-state index contributed by atoms with van der Waals surface area (Å²) >= 11 is 0. The van der Waals surface area contributed by atoms with Crippen molar-refractivity contribution in [1.82, 2.24) is 24.0 Å². The van der Waals surface area contributed by atoms with Crippen molar-refractivity contribution < 1.29 is 13.2 Å². The lowest BCUT2D eigenvalue weighted by Gasteiger charge is -2.07. The van der Waals surface area contributed by atoms with Crippen LogP contribution in [0.1, 0.15) is 17.3 Å². The Morgan fingerprint density at radius 2 is 1.74 bits per heavy atom. The van der Waals surface area contributed by atoms with Gasteiger partial charge in [-0.25, -0.2) is 0 Å². The second-order valence-electron chi connectivity index (χ2n) is 6.10. The minimum Gasteiger partial charge on any atom is -0.295 e. The second kappa shape index (κ2) is 6.13. The summed E-state index contributed by atoms with van der Waals surface area (Å²) in [6, 6.07) is 7.49. The van der Waals surface area contributed by atoms with Gasteiger partial charge in [-0.05, 0) is 25.1 Å². The highest BCUT2D eigenvalue weighted by Gasteiger charge is 2.21. The Hall–Kier alpha value is -3.33. The molecule has 0 spiro atoms. The molecule has 0 N–H and O–H groups in total. The van der Waals surface area contributed by atoms with Gasteiger partial charge in [0.05, 0.1) is 17.3 Å². The lowest BCUT2D eigenvalue weighted by molar-refractivity contribution is 0.101. The first-order chi connectivity index (χ1) is 12.9. The predicted octanol–water partition coefficient (Wildman–Crippen LogP) is 2.27. The summed E-state index contributed by atoms with van der Waals surface area (Å²) in [7, 11) is -2.12. The molecular formula is C18H15N5O3S. The Kier molecular flexibility index (Phi) is 3.88. The average molecular weight is 381 g/mol. The number of ketones is 1. The van der Waals surface area contributed by atoms with Crippen molar-refractivity contribution in [3.8, 4) is 11.1 Å². The zero-order valence-electron chi connectivity index (χ0n) is 14.6. The van der Waals surface area contributed by atoms with Gasteiger partial charge in [-0.2, -0.15) is 22.7 Å². The number of pyridine rings is 1. The van der Waals surface area contributed by atoms with Crippen LogP contribution in [-0.4, -0.2) is 38.2 Å².